The van der Waals surface area contributed by atoms with Crippen LogP contribution in [-0.2, 0) is 21.7 Å². The molecule has 0 aliphatic heterocycles. The van der Waals surface area contributed by atoms with Crippen LogP contribution in [0.1, 0.15) is 99.9 Å². The van der Waals surface area contributed by atoms with E-state index in [9.17, 15) is 8.78 Å². The molecular formula is C115H84F3N5. The first-order chi connectivity index (χ1) is 59.8. The van der Waals surface area contributed by atoms with Gasteiger partial charge in [0.1, 0.15) is 23.3 Å². The summed E-state index contributed by atoms with van der Waals surface area (Å²) in [6.07, 6.45) is 1.88. The molecule has 4 aliphatic carbocycles. The van der Waals surface area contributed by atoms with Crippen LogP contribution in [0.15, 0.2) is 364 Å². The van der Waals surface area contributed by atoms with E-state index in [0.29, 0.717) is 5.69 Å². The molecule has 8 heteroatoms. The number of anilines is 12. The van der Waals surface area contributed by atoms with Gasteiger partial charge in [-0.05, 0) is 231 Å². The largest absolute Gasteiger partial charge is 0.309 e. The summed E-state index contributed by atoms with van der Waals surface area (Å²) in [5.41, 5.74) is 29.6. The molecule has 24 rings (SSSR count). The highest BCUT2D eigenvalue weighted by molar-refractivity contribution is 6.30. The van der Waals surface area contributed by atoms with E-state index >= 15 is 4.39 Å². The first-order valence-electron chi connectivity index (χ1n) is 42.6. The number of benzene rings is 19. The summed E-state index contributed by atoms with van der Waals surface area (Å²) in [7, 11) is 0. The number of hydrogen-bond donors (Lipinski definition) is 0. The molecule has 0 fully saturated rings. The van der Waals surface area contributed by atoms with E-state index < -0.39 is 0 Å². The van der Waals surface area contributed by atoms with Crippen molar-refractivity contribution in [3.05, 3.63) is 426 Å². The van der Waals surface area contributed by atoms with Crippen LogP contribution in [0.3, 0.4) is 0 Å². The van der Waals surface area contributed by atoms with Gasteiger partial charge in [0.25, 0.3) is 0 Å². The molecule has 0 atom stereocenters. The van der Waals surface area contributed by atoms with Gasteiger partial charge in [-0.25, -0.2) is 18.2 Å². The Labute approximate surface area is 713 Å². The molecule has 0 saturated heterocycles. The highest BCUT2D eigenvalue weighted by Crippen LogP contribution is 2.62. The van der Waals surface area contributed by atoms with E-state index in [2.05, 4.69) is 354 Å². The Kier molecular flexibility index (Phi) is 16.3. The third kappa shape index (κ3) is 10.8. The summed E-state index contributed by atoms with van der Waals surface area (Å²) in [5.74, 6) is 0.0249. The Balaban J connectivity index is 0.000000142. The number of fused-ring (bicyclic) bond motifs is 12. The first kappa shape index (κ1) is 73.5. The average Bonchev–Trinajstić information content (AvgIpc) is 1.67. The fourth-order valence-corrected chi connectivity index (χ4v) is 21.9. The van der Waals surface area contributed by atoms with Crippen molar-refractivity contribution < 1.29 is 13.2 Å². The molecule has 1 aromatic heterocycles. The van der Waals surface area contributed by atoms with Crippen molar-refractivity contribution in [1.82, 2.24) is 4.98 Å². The summed E-state index contributed by atoms with van der Waals surface area (Å²) in [5, 5.41) is 13.5. The van der Waals surface area contributed by atoms with Gasteiger partial charge in [0.05, 0.1) is 51.2 Å². The van der Waals surface area contributed by atoms with Crippen LogP contribution in [0.5, 0.6) is 0 Å². The van der Waals surface area contributed by atoms with Crippen LogP contribution in [0.25, 0.3) is 109 Å². The number of halogens is 3. The van der Waals surface area contributed by atoms with Gasteiger partial charge in [-0.1, -0.05) is 292 Å². The van der Waals surface area contributed by atoms with Crippen LogP contribution in [0.2, 0.25) is 0 Å². The molecule has 0 N–H and O–H groups in total. The monoisotopic (exact) mass is 1590 g/mol. The predicted molar refractivity (Wildman–Crippen MR) is 507 cm³/mol. The Morgan fingerprint density at radius 3 is 0.813 bits per heavy atom. The van der Waals surface area contributed by atoms with Crippen LogP contribution in [0, 0.1) is 17.5 Å². The van der Waals surface area contributed by atoms with Crippen molar-refractivity contribution in [3.63, 3.8) is 0 Å². The lowest BCUT2D eigenvalue weighted by molar-refractivity contribution is 0.627. The SMILES string of the molecule is CC1(C)c2ccccc2-c2c(N(c3ccc(F)cc3)c3ccc4ccc5c(N(c6ccc(F)cc6)c6cccc7c6-c6ccccc6C7(C)C)ccc6ccc3c4c65)cccc21.CC1(C)c2ccccc2-c2c(N(c3ccccn3)c3ccc4ccc5c(N(c6ccccc6F)c6cccc7c6-c6ccccc6C7(C)C)ccc6ccc3c4c65)cccc21. The number of pyridine rings is 1. The van der Waals surface area contributed by atoms with Gasteiger partial charge in [0.15, 0.2) is 0 Å². The van der Waals surface area contributed by atoms with E-state index in [1.807, 2.05) is 48.7 Å². The molecule has 19 aromatic carbocycles. The van der Waals surface area contributed by atoms with Crippen molar-refractivity contribution in [3.8, 4) is 44.5 Å². The molecule has 20 aromatic rings. The van der Waals surface area contributed by atoms with E-state index in [0.717, 1.165) is 128 Å². The molecule has 0 saturated carbocycles. The van der Waals surface area contributed by atoms with Gasteiger partial charge in [0, 0.05) is 83.0 Å². The van der Waals surface area contributed by atoms with Crippen LogP contribution in [-0.4, -0.2) is 4.98 Å². The average molecular weight is 1590 g/mol. The summed E-state index contributed by atoms with van der Waals surface area (Å²) in [6, 6.07) is 124. The summed E-state index contributed by atoms with van der Waals surface area (Å²) < 4.78 is 45.9. The van der Waals surface area contributed by atoms with Gasteiger partial charge >= 0.3 is 0 Å². The molecule has 0 unspecified atom stereocenters. The molecule has 4 aliphatic rings. The molecule has 123 heavy (non-hydrogen) atoms. The summed E-state index contributed by atoms with van der Waals surface area (Å²) in [4.78, 5) is 14.2. The third-order valence-corrected chi connectivity index (χ3v) is 27.6. The number of aromatic nitrogens is 1. The van der Waals surface area contributed by atoms with Crippen LogP contribution in [0.4, 0.5) is 81.6 Å². The van der Waals surface area contributed by atoms with Crippen molar-refractivity contribution in [2.45, 2.75) is 77.0 Å². The zero-order valence-corrected chi connectivity index (χ0v) is 69.5. The summed E-state index contributed by atoms with van der Waals surface area (Å²) >= 11 is 0. The van der Waals surface area contributed by atoms with Crippen molar-refractivity contribution >= 4 is 133 Å². The van der Waals surface area contributed by atoms with Crippen molar-refractivity contribution in [2.75, 3.05) is 19.6 Å². The first-order valence-corrected chi connectivity index (χ1v) is 42.6. The van der Waals surface area contributed by atoms with E-state index in [4.69, 9.17) is 4.98 Å². The molecule has 0 spiro atoms. The number of hydrogen-bond acceptors (Lipinski definition) is 5. The smallest absolute Gasteiger partial charge is 0.147 e. The molecule has 0 radical (unpaired) electrons. The van der Waals surface area contributed by atoms with Crippen molar-refractivity contribution in [1.29, 1.82) is 0 Å². The highest BCUT2D eigenvalue weighted by Gasteiger charge is 2.43. The Bertz CT molecular complexity index is 7520. The quantitative estimate of drug-likeness (QED) is 0.114. The van der Waals surface area contributed by atoms with E-state index in [1.54, 1.807) is 36.4 Å². The lowest BCUT2D eigenvalue weighted by Gasteiger charge is -2.31. The topological polar surface area (TPSA) is 25.9 Å². The Hall–Kier alpha value is -14.6. The van der Waals surface area contributed by atoms with E-state index in [1.165, 1.54) is 88.8 Å². The minimum atomic E-state index is -0.275. The Morgan fingerprint density at radius 1 is 0.211 bits per heavy atom. The maximum Gasteiger partial charge on any atom is 0.147 e. The van der Waals surface area contributed by atoms with Gasteiger partial charge in [-0.2, -0.15) is 0 Å². The fourth-order valence-electron chi connectivity index (χ4n) is 21.9. The maximum atomic E-state index is 16.5. The zero-order chi connectivity index (χ0) is 83.3. The van der Waals surface area contributed by atoms with Crippen molar-refractivity contribution in [2.24, 2.45) is 0 Å². The molecule has 0 amide bonds. The maximum absolute atomic E-state index is 16.5. The minimum absolute atomic E-state index is 0.155. The number of rotatable bonds is 12. The Morgan fingerprint density at radius 2 is 0.480 bits per heavy atom. The molecule has 0 bridgehead atoms. The van der Waals surface area contributed by atoms with Gasteiger partial charge < -0.3 is 14.7 Å². The second-order valence-corrected chi connectivity index (χ2v) is 35.6. The fraction of sp³-hybridized carbons (Fsp3) is 0.104. The van der Waals surface area contributed by atoms with Crippen LogP contribution < -0.4 is 19.6 Å². The molecule has 590 valence electrons. The summed E-state index contributed by atoms with van der Waals surface area (Å²) in [6.45, 7) is 18.4. The normalized spacial score (nSPS) is 14.2. The number of para-hydroxylation sites is 1. The lowest BCUT2D eigenvalue weighted by Crippen LogP contribution is -2.16. The minimum Gasteiger partial charge on any atom is -0.309 e. The molecule has 1 heterocycles. The predicted octanol–water partition coefficient (Wildman–Crippen LogP) is 32.1. The second-order valence-electron chi connectivity index (χ2n) is 35.6. The number of nitrogens with zero attached hydrogens (tertiary/aromatic N) is 5. The highest BCUT2D eigenvalue weighted by atomic mass is 19.1. The zero-order valence-electron chi connectivity index (χ0n) is 69.5. The second kappa shape index (κ2) is 27.2. The van der Waals surface area contributed by atoms with Gasteiger partial charge in [0.2, 0.25) is 0 Å². The van der Waals surface area contributed by atoms with Gasteiger partial charge in [-0.15, -0.1) is 0 Å². The van der Waals surface area contributed by atoms with E-state index in [-0.39, 0.29) is 39.1 Å². The third-order valence-electron chi connectivity index (χ3n) is 27.6. The van der Waals surface area contributed by atoms with Crippen LogP contribution >= 0.6 is 0 Å². The molecule has 5 nitrogen and oxygen atoms in total. The van der Waals surface area contributed by atoms with Gasteiger partial charge in [-0.3, -0.25) is 4.90 Å². The molecular weight excluding hydrogens is 1510 g/mol. The lowest BCUT2D eigenvalue weighted by atomic mass is 9.82. The standard InChI is InChI=1S/C58H42F2N2.C57H42FN3/c1-57(2)45-13-7-5-11-41(45)55-47(57)15-9-17-51(55)61(39-27-23-37(59)24-28-39)49-33-21-35-20-32-44-50(34-22-36-19-31-43(49)53(35)54(36)44)62(40-29-25-38(60)26-30-40)52-18-10-16-48-56(52)42-12-6-8-14-46(42)58(48,3)4;1-56(2)41-17-7-5-15-37(41)54-43(56)19-13-23-49(54)60(48-22-10-9-21-45(48)58)46-32-28-35-27-31-40-47(33-29-36-26-30-39(46)52(35)53(36)40)61(51-25-11-12-34-59-51)50-24-14-20-44-55(50)38-16-6-8-18-42(38)57(44,3)4/h5-34H,1-4H3;5-34H,1-4H3.